The lowest BCUT2D eigenvalue weighted by Gasteiger charge is -2.04. The van der Waals surface area contributed by atoms with Crippen LogP contribution in [0.15, 0.2) is 37.4 Å². The van der Waals surface area contributed by atoms with Crippen LogP contribution in [-0.4, -0.2) is 16.0 Å². The van der Waals surface area contributed by atoms with Crippen molar-refractivity contribution < 1.29 is 4.79 Å². The van der Waals surface area contributed by atoms with E-state index in [1.165, 1.54) is 23.1 Å². The highest BCUT2D eigenvalue weighted by Gasteiger charge is 2.10. The normalized spacial score (nSPS) is 10.4. The third kappa shape index (κ3) is 2.69. The number of benzene rings is 1. The van der Waals surface area contributed by atoms with E-state index in [9.17, 15) is 4.79 Å². The van der Waals surface area contributed by atoms with Gasteiger partial charge in [-0.2, -0.15) is 0 Å². The highest BCUT2D eigenvalue weighted by atomic mass is 79.9. The van der Waals surface area contributed by atoms with Gasteiger partial charge in [-0.1, -0.05) is 39.0 Å². The van der Waals surface area contributed by atoms with Gasteiger partial charge in [-0.15, -0.1) is 10.2 Å². The van der Waals surface area contributed by atoms with E-state index in [-0.39, 0.29) is 5.78 Å². The molecule has 0 amide bonds. The Balaban J connectivity index is 2.36. The van der Waals surface area contributed by atoms with Crippen LogP contribution in [0.1, 0.15) is 17.3 Å². The summed E-state index contributed by atoms with van der Waals surface area (Å²) in [7, 11) is 0. The number of rotatable bonds is 3. The predicted octanol–water partition coefficient (Wildman–Crippen LogP) is 3.65. The molecule has 0 saturated heterocycles. The van der Waals surface area contributed by atoms with Crippen LogP contribution < -0.4 is 0 Å². The van der Waals surface area contributed by atoms with Crippen LogP contribution in [0.5, 0.6) is 0 Å². The fourth-order valence-electron chi connectivity index (χ4n) is 1.17. The number of nitrogens with zero attached hydrogens (tertiary/aromatic N) is 2. The molecule has 3 nitrogen and oxygen atoms in total. The second-order valence-electron chi connectivity index (χ2n) is 3.00. The number of hydrogen-bond acceptors (Lipinski definition) is 5. The minimum absolute atomic E-state index is 0.0494. The number of carbonyl (C=O) groups is 1. The Morgan fingerprint density at radius 2 is 2.31 bits per heavy atom. The molecule has 1 aromatic carbocycles. The minimum Gasteiger partial charge on any atom is -0.294 e. The Hall–Kier alpha value is -0.720. The van der Waals surface area contributed by atoms with E-state index < -0.39 is 0 Å². The molecule has 0 aliphatic heterocycles. The van der Waals surface area contributed by atoms with Gasteiger partial charge in [0.25, 0.3) is 0 Å². The molecule has 0 aliphatic rings. The number of ketones is 1. The maximum absolute atomic E-state index is 11.5. The van der Waals surface area contributed by atoms with E-state index in [0.717, 1.165) is 13.7 Å². The van der Waals surface area contributed by atoms with Crippen LogP contribution in [0.2, 0.25) is 0 Å². The van der Waals surface area contributed by atoms with Crippen LogP contribution in [0.3, 0.4) is 0 Å². The van der Waals surface area contributed by atoms with Crippen LogP contribution in [0.25, 0.3) is 0 Å². The first-order chi connectivity index (χ1) is 7.66. The molecule has 6 heteroatoms. The van der Waals surface area contributed by atoms with Gasteiger partial charge in [0.2, 0.25) is 0 Å². The lowest BCUT2D eigenvalue weighted by Crippen LogP contribution is -1.94. The highest BCUT2D eigenvalue weighted by molar-refractivity contribution is 9.10. The van der Waals surface area contributed by atoms with E-state index in [0.29, 0.717) is 5.56 Å². The average molecular weight is 315 g/mol. The Labute approximate surface area is 109 Å². The van der Waals surface area contributed by atoms with Crippen molar-refractivity contribution in [2.75, 3.05) is 0 Å². The van der Waals surface area contributed by atoms with Crippen molar-refractivity contribution in [1.82, 2.24) is 10.2 Å². The van der Waals surface area contributed by atoms with Crippen molar-refractivity contribution >= 4 is 44.8 Å². The summed E-state index contributed by atoms with van der Waals surface area (Å²) in [4.78, 5) is 12.4. The monoisotopic (exact) mass is 314 g/mol. The van der Waals surface area contributed by atoms with E-state index in [2.05, 4.69) is 26.1 Å². The van der Waals surface area contributed by atoms with Crippen LogP contribution in [0, 0.1) is 0 Å². The zero-order valence-electron chi connectivity index (χ0n) is 8.31. The number of halogens is 1. The Morgan fingerprint density at radius 1 is 1.50 bits per heavy atom. The molecule has 0 bridgehead atoms. The van der Waals surface area contributed by atoms with Crippen molar-refractivity contribution in [1.29, 1.82) is 0 Å². The topological polar surface area (TPSA) is 42.9 Å². The Kier molecular flexibility index (Phi) is 3.73. The lowest BCUT2D eigenvalue weighted by atomic mass is 10.1. The van der Waals surface area contributed by atoms with Gasteiger partial charge in [-0.05, 0) is 25.1 Å². The van der Waals surface area contributed by atoms with E-state index in [4.69, 9.17) is 0 Å². The fourth-order valence-corrected chi connectivity index (χ4v) is 3.12. The summed E-state index contributed by atoms with van der Waals surface area (Å²) < 4.78 is 1.74. The third-order valence-corrected chi connectivity index (χ3v) is 4.21. The summed E-state index contributed by atoms with van der Waals surface area (Å²) in [5, 5.41) is 7.71. The second-order valence-corrected chi connectivity index (χ2v) is 6.04. The van der Waals surface area contributed by atoms with Gasteiger partial charge in [-0.3, -0.25) is 4.79 Å². The Morgan fingerprint density at radius 3 is 2.94 bits per heavy atom. The van der Waals surface area contributed by atoms with Crippen LogP contribution >= 0.6 is 39.0 Å². The van der Waals surface area contributed by atoms with Gasteiger partial charge in [0.1, 0.15) is 5.51 Å². The second kappa shape index (κ2) is 5.07. The molecule has 2 rings (SSSR count). The van der Waals surface area contributed by atoms with Crippen molar-refractivity contribution in [3.8, 4) is 0 Å². The molecule has 1 aromatic heterocycles. The molecule has 0 radical (unpaired) electrons. The zero-order valence-corrected chi connectivity index (χ0v) is 11.5. The number of hydrogen-bond donors (Lipinski definition) is 0. The molecule has 2 aromatic rings. The number of carbonyl (C=O) groups excluding carboxylic acids is 1. The summed E-state index contributed by atoms with van der Waals surface area (Å²) in [6, 6.07) is 5.65. The summed E-state index contributed by atoms with van der Waals surface area (Å²) in [6.07, 6.45) is 0. The minimum atomic E-state index is 0.0494. The van der Waals surface area contributed by atoms with E-state index in [1.807, 2.05) is 18.2 Å². The molecule has 0 spiro atoms. The number of aromatic nitrogens is 2. The first-order valence-corrected chi connectivity index (χ1v) is 6.90. The van der Waals surface area contributed by atoms with Gasteiger partial charge >= 0.3 is 0 Å². The quantitative estimate of drug-likeness (QED) is 0.811. The standard InChI is InChI=1S/C10H7BrN2OS2/c1-6(14)8-4-7(11)2-3-9(8)16-10-13-12-5-15-10/h2-5H,1H3. The molecule has 0 atom stereocenters. The molecule has 0 unspecified atom stereocenters. The molecule has 0 fully saturated rings. The molecule has 16 heavy (non-hydrogen) atoms. The fraction of sp³-hybridized carbons (Fsp3) is 0.100. The predicted molar refractivity (Wildman–Crippen MR) is 68.2 cm³/mol. The maximum atomic E-state index is 11.5. The maximum Gasteiger partial charge on any atom is 0.178 e. The van der Waals surface area contributed by atoms with Gasteiger partial charge in [0.05, 0.1) is 0 Å². The molecule has 0 N–H and O–H groups in total. The summed E-state index contributed by atoms with van der Waals surface area (Å²) in [5.74, 6) is 0.0494. The van der Waals surface area contributed by atoms with Crippen molar-refractivity contribution in [2.45, 2.75) is 16.2 Å². The smallest absolute Gasteiger partial charge is 0.178 e. The zero-order chi connectivity index (χ0) is 11.5. The molecule has 0 saturated carbocycles. The lowest BCUT2D eigenvalue weighted by molar-refractivity contribution is 0.101. The van der Waals surface area contributed by atoms with Gasteiger partial charge < -0.3 is 0 Å². The van der Waals surface area contributed by atoms with Gasteiger partial charge in [0, 0.05) is 14.9 Å². The van der Waals surface area contributed by atoms with Gasteiger partial charge in [-0.25, -0.2) is 0 Å². The third-order valence-electron chi connectivity index (χ3n) is 1.86. The SMILES string of the molecule is CC(=O)c1cc(Br)ccc1Sc1nncs1. The Bertz CT molecular complexity index is 514. The average Bonchev–Trinajstić information content (AvgIpc) is 2.73. The first kappa shape index (κ1) is 11.8. The molecular formula is C10H7BrN2OS2. The number of Topliss-reactive ketones (excluding diaryl/α,β-unsaturated/α-hetero) is 1. The first-order valence-electron chi connectivity index (χ1n) is 4.41. The molecular weight excluding hydrogens is 308 g/mol. The van der Waals surface area contributed by atoms with Crippen molar-refractivity contribution in [2.24, 2.45) is 0 Å². The van der Waals surface area contributed by atoms with Crippen LogP contribution in [0.4, 0.5) is 0 Å². The molecule has 82 valence electrons. The summed E-state index contributed by atoms with van der Waals surface area (Å²) in [5.41, 5.74) is 2.38. The van der Waals surface area contributed by atoms with Crippen molar-refractivity contribution in [3.05, 3.63) is 33.7 Å². The molecule has 1 heterocycles. The summed E-state index contributed by atoms with van der Waals surface area (Å²) in [6.45, 7) is 1.56. The van der Waals surface area contributed by atoms with Crippen molar-refractivity contribution in [3.63, 3.8) is 0 Å². The molecule has 0 aliphatic carbocycles. The van der Waals surface area contributed by atoms with Crippen LogP contribution in [-0.2, 0) is 0 Å². The largest absolute Gasteiger partial charge is 0.294 e. The highest BCUT2D eigenvalue weighted by Crippen LogP contribution is 2.32. The van der Waals surface area contributed by atoms with E-state index in [1.54, 1.807) is 12.4 Å². The van der Waals surface area contributed by atoms with Gasteiger partial charge in [0.15, 0.2) is 10.1 Å². The summed E-state index contributed by atoms with van der Waals surface area (Å²) >= 11 is 6.28. The van der Waals surface area contributed by atoms with E-state index >= 15 is 0 Å².